The van der Waals surface area contributed by atoms with Gasteiger partial charge in [0.05, 0.1) is 6.54 Å². The summed E-state index contributed by atoms with van der Waals surface area (Å²) in [6.07, 6.45) is 2.69. The van der Waals surface area contributed by atoms with E-state index in [-0.39, 0.29) is 0 Å². The molecule has 11 heavy (non-hydrogen) atoms. The second-order valence-corrected chi connectivity index (χ2v) is 3.87. The van der Waals surface area contributed by atoms with Gasteiger partial charge in [0.15, 0.2) is 0 Å². The Labute approximate surface area is 73.3 Å². The molecule has 1 heterocycles. The zero-order chi connectivity index (χ0) is 7.94. The second-order valence-electron chi connectivity index (χ2n) is 2.72. The normalized spacial score (nSPS) is 23.9. The van der Waals surface area contributed by atoms with Crippen molar-refractivity contribution in [2.75, 3.05) is 18.1 Å². The van der Waals surface area contributed by atoms with Crippen molar-refractivity contribution in [2.24, 2.45) is 0 Å². The van der Waals surface area contributed by atoms with Crippen LogP contribution in [0.4, 0.5) is 0 Å². The molecule has 0 saturated carbocycles. The van der Waals surface area contributed by atoms with E-state index in [0.29, 0.717) is 0 Å². The summed E-state index contributed by atoms with van der Waals surface area (Å²) in [4.78, 5) is 0. The molecule has 0 aromatic rings. The molecular formula is C9H15NS. The summed E-state index contributed by atoms with van der Waals surface area (Å²) in [6.45, 7) is 2.75. The Morgan fingerprint density at radius 1 is 1.64 bits per heavy atom. The number of thioether (sulfide) groups is 1. The van der Waals surface area contributed by atoms with Crippen LogP contribution in [0.2, 0.25) is 0 Å². The quantitative estimate of drug-likeness (QED) is 0.629. The Balaban J connectivity index is 2.08. The van der Waals surface area contributed by atoms with Crippen LogP contribution in [0.15, 0.2) is 0 Å². The molecule has 0 aromatic carbocycles. The third kappa shape index (κ3) is 3.69. The molecule has 0 amide bonds. The zero-order valence-corrected chi connectivity index (χ0v) is 7.84. The molecule has 0 aliphatic carbocycles. The largest absolute Gasteiger partial charge is 0.303 e. The predicted octanol–water partition coefficient (Wildman–Crippen LogP) is 1.49. The standard InChI is InChI=1S/C9H15NS/c1-2-3-6-10-9-5-4-7-11-8-9/h9-10H,4-8H2,1H3. The third-order valence-corrected chi connectivity index (χ3v) is 3.03. The first-order chi connectivity index (χ1) is 5.43. The van der Waals surface area contributed by atoms with Gasteiger partial charge < -0.3 is 5.32 Å². The molecule has 62 valence electrons. The van der Waals surface area contributed by atoms with E-state index >= 15 is 0 Å². The average Bonchev–Trinajstić information content (AvgIpc) is 2.07. The van der Waals surface area contributed by atoms with Crippen LogP contribution in [0.25, 0.3) is 0 Å². The van der Waals surface area contributed by atoms with Crippen molar-refractivity contribution in [3.63, 3.8) is 0 Å². The van der Waals surface area contributed by atoms with E-state index < -0.39 is 0 Å². The molecule has 1 aliphatic heterocycles. The van der Waals surface area contributed by atoms with Crippen molar-refractivity contribution < 1.29 is 0 Å². The maximum Gasteiger partial charge on any atom is 0.0578 e. The van der Waals surface area contributed by atoms with Crippen molar-refractivity contribution in [2.45, 2.75) is 25.8 Å². The van der Waals surface area contributed by atoms with E-state index in [1.807, 2.05) is 6.92 Å². The van der Waals surface area contributed by atoms with Gasteiger partial charge in [0.2, 0.25) is 0 Å². The van der Waals surface area contributed by atoms with Gasteiger partial charge in [-0.3, -0.25) is 0 Å². The fourth-order valence-corrected chi connectivity index (χ4v) is 2.29. The molecule has 1 rings (SSSR count). The van der Waals surface area contributed by atoms with E-state index in [1.165, 1.54) is 24.3 Å². The fourth-order valence-electron chi connectivity index (χ4n) is 1.19. The fraction of sp³-hybridized carbons (Fsp3) is 0.778. The first-order valence-corrected chi connectivity index (χ1v) is 5.29. The van der Waals surface area contributed by atoms with E-state index in [2.05, 4.69) is 28.9 Å². The summed E-state index contributed by atoms with van der Waals surface area (Å²) < 4.78 is 0. The molecule has 1 aliphatic rings. The summed E-state index contributed by atoms with van der Waals surface area (Å²) >= 11 is 2.05. The minimum Gasteiger partial charge on any atom is -0.303 e. The number of rotatable bonds is 2. The van der Waals surface area contributed by atoms with Gasteiger partial charge in [-0.2, -0.15) is 11.8 Å². The topological polar surface area (TPSA) is 12.0 Å². The highest BCUT2D eigenvalue weighted by Gasteiger charge is 2.11. The van der Waals surface area contributed by atoms with Crippen LogP contribution in [0.3, 0.4) is 0 Å². The third-order valence-electron chi connectivity index (χ3n) is 1.82. The molecule has 0 bridgehead atoms. The van der Waals surface area contributed by atoms with Crippen LogP contribution in [0, 0.1) is 11.8 Å². The van der Waals surface area contributed by atoms with Gasteiger partial charge in [-0.1, -0.05) is 5.92 Å². The molecule has 0 spiro atoms. The monoisotopic (exact) mass is 169 g/mol. The van der Waals surface area contributed by atoms with Gasteiger partial charge in [-0.25, -0.2) is 0 Å². The summed E-state index contributed by atoms with van der Waals surface area (Å²) in [6, 6.07) is 0.717. The molecule has 1 saturated heterocycles. The Morgan fingerprint density at radius 3 is 3.18 bits per heavy atom. The Morgan fingerprint density at radius 2 is 2.55 bits per heavy atom. The number of nitrogens with one attached hydrogen (secondary N) is 1. The molecule has 1 N–H and O–H groups in total. The highest BCUT2D eigenvalue weighted by molar-refractivity contribution is 7.99. The number of hydrogen-bond donors (Lipinski definition) is 1. The van der Waals surface area contributed by atoms with Crippen LogP contribution in [0.1, 0.15) is 19.8 Å². The van der Waals surface area contributed by atoms with Crippen LogP contribution in [-0.2, 0) is 0 Å². The van der Waals surface area contributed by atoms with Gasteiger partial charge in [0.1, 0.15) is 0 Å². The summed E-state index contributed by atoms with van der Waals surface area (Å²) in [7, 11) is 0. The predicted molar refractivity (Wildman–Crippen MR) is 51.8 cm³/mol. The van der Waals surface area contributed by atoms with E-state index in [9.17, 15) is 0 Å². The first-order valence-electron chi connectivity index (χ1n) is 4.14. The lowest BCUT2D eigenvalue weighted by atomic mass is 10.2. The van der Waals surface area contributed by atoms with E-state index in [1.54, 1.807) is 0 Å². The minimum absolute atomic E-state index is 0.717. The molecular weight excluding hydrogens is 154 g/mol. The van der Waals surface area contributed by atoms with Gasteiger partial charge in [-0.05, 0) is 25.5 Å². The molecule has 0 aromatic heterocycles. The Bertz CT molecular complexity index is 151. The maximum atomic E-state index is 3.43. The summed E-state index contributed by atoms with van der Waals surface area (Å²) in [5.74, 6) is 8.53. The van der Waals surface area contributed by atoms with Gasteiger partial charge >= 0.3 is 0 Å². The van der Waals surface area contributed by atoms with Crippen molar-refractivity contribution in [3.05, 3.63) is 0 Å². The highest BCUT2D eigenvalue weighted by Crippen LogP contribution is 2.16. The zero-order valence-electron chi connectivity index (χ0n) is 7.02. The Kier molecular flexibility index (Phi) is 4.49. The molecule has 2 heteroatoms. The molecule has 1 atom stereocenters. The molecule has 1 fully saturated rings. The highest BCUT2D eigenvalue weighted by atomic mass is 32.2. The lowest BCUT2D eigenvalue weighted by molar-refractivity contribution is 0.538. The average molecular weight is 169 g/mol. The number of hydrogen-bond acceptors (Lipinski definition) is 2. The van der Waals surface area contributed by atoms with Crippen molar-refractivity contribution >= 4 is 11.8 Å². The first kappa shape index (κ1) is 8.96. The van der Waals surface area contributed by atoms with Crippen LogP contribution < -0.4 is 5.32 Å². The van der Waals surface area contributed by atoms with Crippen LogP contribution in [0.5, 0.6) is 0 Å². The van der Waals surface area contributed by atoms with E-state index in [4.69, 9.17) is 0 Å². The molecule has 1 nitrogen and oxygen atoms in total. The maximum absolute atomic E-state index is 3.43. The summed E-state index contributed by atoms with van der Waals surface area (Å²) in [5, 5.41) is 3.43. The lowest BCUT2D eigenvalue weighted by Gasteiger charge is -2.21. The summed E-state index contributed by atoms with van der Waals surface area (Å²) in [5.41, 5.74) is 0. The Hall–Kier alpha value is -0.130. The van der Waals surface area contributed by atoms with Crippen molar-refractivity contribution in [1.82, 2.24) is 5.32 Å². The van der Waals surface area contributed by atoms with Gasteiger partial charge in [0, 0.05) is 11.8 Å². The van der Waals surface area contributed by atoms with Crippen molar-refractivity contribution in [3.8, 4) is 11.8 Å². The van der Waals surface area contributed by atoms with E-state index in [0.717, 1.165) is 12.6 Å². The van der Waals surface area contributed by atoms with Gasteiger partial charge in [0.25, 0.3) is 0 Å². The SMILES string of the molecule is CC#CCNC1CCCSC1. The van der Waals surface area contributed by atoms with Gasteiger partial charge in [-0.15, -0.1) is 5.92 Å². The van der Waals surface area contributed by atoms with Crippen LogP contribution >= 0.6 is 11.8 Å². The van der Waals surface area contributed by atoms with Crippen molar-refractivity contribution in [1.29, 1.82) is 0 Å². The molecule has 1 unspecified atom stereocenters. The lowest BCUT2D eigenvalue weighted by Crippen LogP contribution is -2.33. The smallest absolute Gasteiger partial charge is 0.0578 e. The minimum atomic E-state index is 0.717. The molecule has 0 radical (unpaired) electrons. The van der Waals surface area contributed by atoms with Crippen LogP contribution in [-0.4, -0.2) is 24.1 Å². The second kappa shape index (κ2) is 5.51.